The Labute approximate surface area is 36.8 Å². The Bertz CT molecular complexity index is 49.5. The highest BCUT2D eigenvalue weighted by atomic mass is 16.3. The quantitative estimate of drug-likeness (QED) is 0.505. The molecule has 0 unspecified atom stereocenters. The van der Waals surface area contributed by atoms with E-state index in [1.165, 1.54) is 0 Å². The van der Waals surface area contributed by atoms with Crippen LogP contribution in [0.2, 0.25) is 0 Å². The highest BCUT2D eigenvalue weighted by Gasteiger charge is 1.85. The molecule has 2 heteroatoms. The van der Waals surface area contributed by atoms with E-state index in [9.17, 15) is 4.79 Å². The minimum atomic E-state index is -0.211. The molecule has 0 bridgehead atoms. The van der Waals surface area contributed by atoms with Gasteiger partial charge in [-0.05, 0) is 0 Å². The van der Waals surface area contributed by atoms with Gasteiger partial charge in [0.05, 0.1) is 0 Å². The summed E-state index contributed by atoms with van der Waals surface area (Å²) in [6.45, 7) is 2.95. The molecule has 6 heavy (non-hydrogen) atoms. The van der Waals surface area contributed by atoms with Gasteiger partial charge in [-0.15, -0.1) is 0 Å². The Morgan fingerprint density at radius 3 is 2.33 bits per heavy atom. The molecule has 0 atom stereocenters. The first-order valence-corrected chi connectivity index (χ1v) is 1.73. The molecule has 0 spiro atoms. The number of hydrogen-bond acceptors (Lipinski definition) is 2. The van der Waals surface area contributed by atoms with Crippen molar-refractivity contribution < 1.29 is 9.90 Å². The molecule has 0 aromatic rings. The van der Waals surface area contributed by atoms with E-state index in [1.54, 1.807) is 0 Å². The second-order valence-corrected chi connectivity index (χ2v) is 1.01. The molecule has 0 fully saturated rings. The van der Waals surface area contributed by atoms with Gasteiger partial charge in [-0.2, -0.15) is 0 Å². The molecule has 1 radical (unpaired) electrons. The fourth-order valence-corrected chi connectivity index (χ4v) is 0.125. The summed E-state index contributed by atoms with van der Waals surface area (Å²) in [6.07, 6.45) is 0.181. The lowest BCUT2D eigenvalue weighted by molar-refractivity contribution is -0.115. The van der Waals surface area contributed by atoms with E-state index in [1.807, 2.05) is 0 Å². The Morgan fingerprint density at radius 1 is 1.83 bits per heavy atom. The summed E-state index contributed by atoms with van der Waals surface area (Å²) in [5.41, 5.74) is 0. The maximum Gasteiger partial charge on any atom is 0.135 e. The molecule has 0 saturated carbocycles. The number of ketones is 1. The van der Waals surface area contributed by atoms with Crippen LogP contribution in [0, 0.1) is 6.92 Å². The van der Waals surface area contributed by atoms with Crippen LogP contribution in [-0.2, 0) is 4.79 Å². The number of hydrogen-bond donors (Lipinski definition) is 1. The van der Waals surface area contributed by atoms with Crippen LogP contribution >= 0.6 is 0 Å². The maximum atomic E-state index is 9.77. The Morgan fingerprint density at radius 2 is 2.33 bits per heavy atom. The topological polar surface area (TPSA) is 37.3 Å². The second-order valence-electron chi connectivity index (χ2n) is 1.01. The van der Waals surface area contributed by atoms with Crippen molar-refractivity contribution >= 4 is 5.78 Å². The summed E-state index contributed by atoms with van der Waals surface area (Å²) in [7, 11) is 0. The smallest absolute Gasteiger partial charge is 0.135 e. The summed E-state index contributed by atoms with van der Waals surface area (Å²) in [5.74, 6) is -0.211. The number of rotatable bonds is 2. The van der Waals surface area contributed by atoms with Crippen LogP contribution in [-0.4, -0.2) is 17.5 Å². The molecule has 0 amide bonds. The van der Waals surface area contributed by atoms with Crippen molar-refractivity contribution in [3.8, 4) is 0 Å². The first kappa shape index (κ1) is 5.63. The minimum Gasteiger partial charge on any atom is -0.396 e. The van der Waals surface area contributed by atoms with Crippen molar-refractivity contribution in [1.29, 1.82) is 0 Å². The largest absolute Gasteiger partial charge is 0.396 e. The monoisotopic (exact) mass is 87.0 g/mol. The fraction of sp³-hybridized carbons (Fsp3) is 0.500. The van der Waals surface area contributed by atoms with Crippen molar-refractivity contribution in [1.82, 2.24) is 0 Å². The van der Waals surface area contributed by atoms with Crippen molar-refractivity contribution in [2.24, 2.45) is 0 Å². The lowest BCUT2D eigenvalue weighted by atomic mass is 10.3. The van der Waals surface area contributed by atoms with Crippen molar-refractivity contribution in [2.75, 3.05) is 6.61 Å². The van der Waals surface area contributed by atoms with Gasteiger partial charge in [0.2, 0.25) is 0 Å². The van der Waals surface area contributed by atoms with E-state index in [0.29, 0.717) is 0 Å². The van der Waals surface area contributed by atoms with Gasteiger partial charge in [0.25, 0.3) is 0 Å². The van der Waals surface area contributed by atoms with Gasteiger partial charge in [-0.3, -0.25) is 4.79 Å². The van der Waals surface area contributed by atoms with Gasteiger partial charge in [-0.25, -0.2) is 0 Å². The van der Waals surface area contributed by atoms with Gasteiger partial charge < -0.3 is 5.11 Å². The first-order chi connectivity index (χ1) is 2.77. The first-order valence-electron chi connectivity index (χ1n) is 1.73. The molecule has 0 aliphatic rings. The highest BCUT2D eigenvalue weighted by molar-refractivity contribution is 5.82. The SMILES string of the molecule is [CH2]C(=O)CCO. The molecule has 2 nitrogen and oxygen atoms in total. The summed E-state index contributed by atoms with van der Waals surface area (Å²) < 4.78 is 0. The molecule has 1 N–H and O–H groups in total. The second kappa shape index (κ2) is 2.85. The predicted octanol–water partition coefficient (Wildman–Crippen LogP) is -0.228. The van der Waals surface area contributed by atoms with E-state index in [0.717, 1.165) is 0 Å². The average Bonchev–Trinajstić information content (AvgIpc) is 1.35. The Kier molecular flexibility index (Phi) is 2.67. The van der Waals surface area contributed by atoms with Gasteiger partial charge in [-0.1, -0.05) is 0 Å². The molecule has 0 saturated heterocycles. The van der Waals surface area contributed by atoms with Crippen LogP contribution in [0.4, 0.5) is 0 Å². The van der Waals surface area contributed by atoms with Crippen LogP contribution in [0.25, 0.3) is 0 Å². The van der Waals surface area contributed by atoms with Crippen LogP contribution < -0.4 is 0 Å². The molecule has 0 rings (SSSR count). The van der Waals surface area contributed by atoms with E-state index in [2.05, 4.69) is 6.92 Å². The van der Waals surface area contributed by atoms with Gasteiger partial charge >= 0.3 is 0 Å². The van der Waals surface area contributed by atoms with Crippen molar-refractivity contribution in [3.05, 3.63) is 6.92 Å². The van der Waals surface area contributed by atoms with Crippen molar-refractivity contribution in [2.45, 2.75) is 6.42 Å². The number of carbonyl (C=O) groups is 1. The molecule has 0 aliphatic carbocycles. The van der Waals surface area contributed by atoms with Crippen LogP contribution in [0.1, 0.15) is 6.42 Å². The summed E-state index contributed by atoms with van der Waals surface area (Å²) >= 11 is 0. The zero-order chi connectivity index (χ0) is 4.99. The van der Waals surface area contributed by atoms with E-state index >= 15 is 0 Å². The Balaban J connectivity index is 2.83. The summed E-state index contributed by atoms with van der Waals surface area (Å²) in [4.78, 5) is 9.77. The molecule has 0 heterocycles. The number of aliphatic hydroxyl groups is 1. The summed E-state index contributed by atoms with van der Waals surface area (Å²) in [6, 6.07) is 0. The van der Waals surface area contributed by atoms with Crippen LogP contribution in [0.5, 0.6) is 0 Å². The maximum absolute atomic E-state index is 9.77. The molecular formula is C4H7O2. The van der Waals surface area contributed by atoms with Gasteiger partial charge in [0, 0.05) is 20.0 Å². The van der Waals surface area contributed by atoms with E-state index < -0.39 is 0 Å². The van der Waals surface area contributed by atoms with Crippen LogP contribution in [0.3, 0.4) is 0 Å². The molecule has 35 valence electrons. The molecule has 0 aliphatic heterocycles. The third-order valence-corrected chi connectivity index (χ3v) is 0.391. The predicted molar refractivity (Wildman–Crippen MR) is 22.1 cm³/mol. The minimum absolute atomic E-state index is 0.0810. The summed E-state index contributed by atoms with van der Waals surface area (Å²) in [5, 5.41) is 7.98. The Hall–Kier alpha value is -0.370. The average molecular weight is 87.1 g/mol. The lowest BCUT2D eigenvalue weighted by Gasteiger charge is -1.80. The number of Topliss-reactive ketones (excluding diaryl/α,β-unsaturated/α-hetero) is 1. The number of aliphatic hydroxyl groups excluding tert-OH is 1. The lowest BCUT2D eigenvalue weighted by Crippen LogP contribution is -1.92. The zero-order valence-corrected chi connectivity index (χ0v) is 3.48. The van der Waals surface area contributed by atoms with Gasteiger partial charge in [0.1, 0.15) is 5.78 Å². The van der Waals surface area contributed by atoms with Crippen LogP contribution in [0.15, 0.2) is 0 Å². The number of carbonyl (C=O) groups excluding carboxylic acids is 1. The molecule has 0 aromatic heterocycles. The molecular weight excluding hydrogens is 80.0 g/mol. The van der Waals surface area contributed by atoms with E-state index in [4.69, 9.17) is 5.11 Å². The van der Waals surface area contributed by atoms with Gasteiger partial charge in [0.15, 0.2) is 0 Å². The fourth-order valence-electron chi connectivity index (χ4n) is 0.125. The normalized spacial score (nSPS) is 8.33. The van der Waals surface area contributed by atoms with E-state index in [-0.39, 0.29) is 18.8 Å². The third kappa shape index (κ3) is 3.63. The third-order valence-electron chi connectivity index (χ3n) is 0.391. The zero-order valence-electron chi connectivity index (χ0n) is 3.48. The molecule has 0 aromatic carbocycles. The highest BCUT2D eigenvalue weighted by Crippen LogP contribution is 1.73. The van der Waals surface area contributed by atoms with Crippen molar-refractivity contribution in [3.63, 3.8) is 0 Å². The standard InChI is InChI=1S/C4H7O2/c1-4(6)2-3-5/h5H,1-3H2.